The number of ether oxygens (including phenoxy) is 2. The number of cyclic esters (lactones) is 1. The molecular formula is C23H22N4O4. The van der Waals surface area contributed by atoms with Crippen molar-refractivity contribution in [3.05, 3.63) is 82.2 Å². The van der Waals surface area contributed by atoms with Crippen LogP contribution in [0.1, 0.15) is 42.5 Å². The number of esters is 1. The van der Waals surface area contributed by atoms with E-state index in [1.165, 1.54) is 7.11 Å². The van der Waals surface area contributed by atoms with Crippen LogP contribution in [-0.4, -0.2) is 35.7 Å². The summed E-state index contributed by atoms with van der Waals surface area (Å²) in [6.45, 7) is 0. The van der Waals surface area contributed by atoms with Gasteiger partial charge in [-0.15, -0.1) is 0 Å². The number of methoxy groups -OCH3 is 1. The van der Waals surface area contributed by atoms with Gasteiger partial charge in [0.15, 0.2) is 12.1 Å². The zero-order valence-corrected chi connectivity index (χ0v) is 17.0. The maximum absolute atomic E-state index is 13.4. The number of benzene rings is 2. The second-order valence-electron chi connectivity index (χ2n) is 8.45. The molecule has 31 heavy (non-hydrogen) atoms. The van der Waals surface area contributed by atoms with Crippen LogP contribution in [0.3, 0.4) is 0 Å². The molecule has 1 amide bonds. The predicted octanol–water partition coefficient (Wildman–Crippen LogP) is 4.70. The third-order valence-corrected chi connectivity index (χ3v) is 6.99. The Hall–Kier alpha value is -3.51. The standard InChI is InChI=1S/C23H22N4O4/c1-30-20(28)19(25-26-24)23(14-22(23)12-13-22)27-17(15-8-4-2-5-9-15)18(31-21(27)29)16-10-6-3-7-11-16/h2-11,17-19H,12-14H2,1H3/t17-,18+,19?,23+/m1/s1. The molecule has 0 radical (unpaired) electrons. The van der Waals surface area contributed by atoms with Gasteiger partial charge in [-0.25, -0.2) is 4.79 Å². The summed E-state index contributed by atoms with van der Waals surface area (Å²) in [5, 5.41) is 3.83. The van der Waals surface area contributed by atoms with E-state index in [1.807, 2.05) is 60.7 Å². The number of azide groups is 1. The van der Waals surface area contributed by atoms with Gasteiger partial charge in [0.1, 0.15) is 6.04 Å². The summed E-state index contributed by atoms with van der Waals surface area (Å²) in [5.74, 6) is -0.635. The first-order valence-corrected chi connectivity index (χ1v) is 10.3. The lowest BCUT2D eigenvalue weighted by atomic mass is 9.91. The Morgan fingerprint density at radius 3 is 2.29 bits per heavy atom. The number of carbonyl (C=O) groups excluding carboxylic acids is 2. The Labute approximate surface area is 179 Å². The third kappa shape index (κ3) is 2.79. The van der Waals surface area contributed by atoms with Crippen molar-refractivity contribution in [2.24, 2.45) is 10.5 Å². The van der Waals surface area contributed by atoms with Gasteiger partial charge in [-0.3, -0.25) is 9.69 Å². The van der Waals surface area contributed by atoms with Gasteiger partial charge in [-0.1, -0.05) is 65.8 Å². The Kier molecular flexibility index (Phi) is 4.41. The molecule has 0 aromatic heterocycles. The lowest BCUT2D eigenvalue weighted by Crippen LogP contribution is -2.52. The highest BCUT2D eigenvalue weighted by Crippen LogP contribution is 2.78. The van der Waals surface area contributed by atoms with Crippen molar-refractivity contribution in [3.63, 3.8) is 0 Å². The minimum atomic E-state index is -1.13. The van der Waals surface area contributed by atoms with E-state index in [9.17, 15) is 15.1 Å². The van der Waals surface area contributed by atoms with E-state index in [4.69, 9.17) is 9.47 Å². The molecule has 4 atom stereocenters. The fourth-order valence-electron chi connectivity index (χ4n) is 5.35. The summed E-state index contributed by atoms with van der Waals surface area (Å²) in [6, 6.07) is 17.6. The number of hydrogen-bond acceptors (Lipinski definition) is 5. The van der Waals surface area contributed by atoms with Crippen LogP contribution in [0.2, 0.25) is 0 Å². The molecule has 8 heteroatoms. The van der Waals surface area contributed by atoms with E-state index < -0.39 is 35.8 Å². The van der Waals surface area contributed by atoms with Crippen molar-refractivity contribution in [1.82, 2.24) is 4.90 Å². The molecule has 2 aromatic carbocycles. The van der Waals surface area contributed by atoms with Crippen LogP contribution in [0.15, 0.2) is 65.8 Å². The predicted molar refractivity (Wildman–Crippen MR) is 111 cm³/mol. The van der Waals surface area contributed by atoms with Crippen LogP contribution in [0, 0.1) is 5.41 Å². The van der Waals surface area contributed by atoms with Gasteiger partial charge < -0.3 is 9.47 Å². The van der Waals surface area contributed by atoms with Crippen molar-refractivity contribution in [1.29, 1.82) is 0 Å². The highest BCUT2D eigenvalue weighted by Gasteiger charge is 2.83. The topological polar surface area (TPSA) is 105 Å². The molecule has 0 bridgehead atoms. The average molecular weight is 418 g/mol. The van der Waals surface area contributed by atoms with Gasteiger partial charge in [0.05, 0.1) is 12.6 Å². The van der Waals surface area contributed by atoms with E-state index in [0.717, 1.165) is 24.0 Å². The van der Waals surface area contributed by atoms with Crippen molar-refractivity contribution in [2.75, 3.05) is 7.11 Å². The number of rotatable bonds is 6. The highest BCUT2D eigenvalue weighted by atomic mass is 16.6. The normalized spacial score (nSPS) is 28.4. The van der Waals surface area contributed by atoms with Crippen LogP contribution in [-0.2, 0) is 14.3 Å². The zero-order valence-electron chi connectivity index (χ0n) is 17.0. The first-order valence-electron chi connectivity index (χ1n) is 10.3. The molecule has 8 nitrogen and oxygen atoms in total. The quantitative estimate of drug-likeness (QED) is 0.293. The van der Waals surface area contributed by atoms with Gasteiger partial charge in [-0.05, 0) is 41.3 Å². The number of carbonyl (C=O) groups is 2. The summed E-state index contributed by atoms with van der Waals surface area (Å²) in [4.78, 5) is 30.7. The summed E-state index contributed by atoms with van der Waals surface area (Å²) < 4.78 is 10.9. The minimum Gasteiger partial charge on any atom is -0.469 e. The number of amides is 1. The van der Waals surface area contributed by atoms with Gasteiger partial charge in [0.2, 0.25) is 0 Å². The molecule has 1 saturated heterocycles. The first kappa shape index (κ1) is 19.5. The lowest BCUT2D eigenvalue weighted by molar-refractivity contribution is -0.144. The highest BCUT2D eigenvalue weighted by molar-refractivity contribution is 5.83. The average Bonchev–Trinajstić information content (AvgIpc) is 3.69. The molecule has 1 aliphatic heterocycles. The van der Waals surface area contributed by atoms with Crippen molar-refractivity contribution >= 4 is 12.1 Å². The Bertz CT molecular complexity index is 1070. The van der Waals surface area contributed by atoms with Gasteiger partial charge in [0.25, 0.3) is 0 Å². The molecule has 2 aromatic rings. The number of hydrogen-bond donors (Lipinski definition) is 0. The molecule has 2 aliphatic carbocycles. The monoisotopic (exact) mass is 418 g/mol. The van der Waals surface area contributed by atoms with Crippen molar-refractivity contribution < 1.29 is 19.1 Å². The fourth-order valence-corrected chi connectivity index (χ4v) is 5.35. The minimum absolute atomic E-state index is 0.238. The van der Waals surface area contributed by atoms with Gasteiger partial charge in [0, 0.05) is 4.91 Å². The summed E-state index contributed by atoms with van der Waals surface area (Å²) in [5.41, 5.74) is 9.77. The molecule has 3 fully saturated rings. The number of nitrogens with zero attached hydrogens (tertiary/aromatic N) is 4. The zero-order chi connectivity index (χ0) is 21.6. The summed E-state index contributed by atoms with van der Waals surface area (Å²) in [7, 11) is 1.27. The van der Waals surface area contributed by atoms with Gasteiger partial charge in [-0.2, -0.15) is 0 Å². The van der Waals surface area contributed by atoms with Crippen molar-refractivity contribution in [3.8, 4) is 0 Å². The molecule has 2 saturated carbocycles. The van der Waals surface area contributed by atoms with E-state index in [1.54, 1.807) is 4.90 Å². The van der Waals surface area contributed by atoms with Crippen LogP contribution < -0.4 is 0 Å². The SMILES string of the molecule is COC(=O)C(N=[N+]=[N-])[C@@]1(N2C(=O)O[C@@H](c3ccccc3)[C@H]2c2ccccc2)CC12CC2. The maximum atomic E-state index is 13.4. The van der Waals surface area contributed by atoms with E-state index in [2.05, 4.69) is 10.0 Å². The molecule has 1 unspecified atom stereocenters. The molecule has 1 spiro atoms. The van der Waals surface area contributed by atoms with E-state index in [-0.39, 0.29) is 5.41 Å². The van der Waals surface area contributed by atoms with E-state index in [0.29, 0.717) is 6.42 Å². The molecule has 158 valence electrons. The van der Waals surface area contributed by atoms with E-state index >= 15 is 0 Å². The smallest absolute Gasteiger partial charge is 0.411 e. The van der Waals surface area contributed by atoms with Crippen LogP contribution in [0.5, 0.6) is 0 Å². The Morgan fingerprint density at radius 1 is 1.16 bits per heavy atom. The summed E-state index contributed by atoms with van der Waals surface area (Å²) in [6.07, 6.45) is 1.26. The maximum Gasteiger partial charge on any atom is 0.411 e. The lowest BCUT2D eigenvalue weighted by Gasteiger charge is -2.36. The molecule has 3 aliphatic rings. The Balaban J connectivity index is 1.66. The van der Waals surface area contributed by atoms with Crippen LogP contribution >= 0.6 is 0 Å². The molecule has 1 heterocycles. The Morgan fingerprint density at radius 2 is 1.77 bits per heavy atom. The second-order valence-corrected chi connectivity index (χ2v) is 8.45. The van der Waals surface area contributed by atoms with Crippen molar-refractivity contribution in [2.45, 2.75) is 43.0 Å². The summed E-state index contributed by atoms with van der Waals surface area (Å²) >= 11 is 0. The second kappa shape index (κ2) is 7.03. The fraction of sp³-hybridized carbons (Fsp3) is 0.391. The molecular weight excluding hydrogens is 396 g/mol. The van der Waals surface area contributed by atoms with Crippen LogP contribution in [0.4, 0.5) is 4.79 Å². The van der Waals surface area contributed by atoms with Crippen LogP contribution in [0.25, 0.3) is 10.4 Å². The molecule has 5 rings (SSSR count). The first-order chi connectivity index (χ1) is 15.1. The van der Waals surface area contributed by atoms with Gasteiger partial charge >= 0.3 is 12.1 Å². The largest absolute Gasteiger partial charge is 0.469 e. The third-order valence-electron chi connectivity index (χ3n) is 6.99. The molecule has 0 N–H and O–H groups in total.